The Morgan fingerprint density at radius 3 is 1.42 bits per heavy atom. The van der Waals surface area contributed by atoms with E-state index in [0.29, 0.717) is 15.6 Å². The summed E-state index contributed by atoms with van der Waals surface area (Å²) in [4.78, 5) is 12.4. The minimum Gasteiger partial charge on any atom is -0.302 e. The Balaban J connectivity index is 2.00. The number of aldehydes is 1. The minimum atomic E-state index is -4.66. The van der Waals surface area contributed by atoms with Gasteiger partial charge < -0.3 is 4.79 Å². The van der Waals surface area contributed by atoms with Crippen LogP contribution in [0.3, 0.4) is 0 Å². The zero-order chi connectivity index (χ0) is 25.8. The van der Waals surface area contributed by atoms with Crippen molar-refractivity contribution in [3.63, 3.8) is 0 Å². The average Bonchev–Trinajstić information content (AvgIpc) is 2.91. The summed E-state index contributed by atoms with van der Waals surface area (Å²) in [6.45, 7) is -0.777. The van der Waals surface area contributed by atoms with Gasteiger partial charge in [0, 0.05) is 0 Å². The summed E-state index contributed by atoms with van der Waals surface area (Å²) in [5.41, 5.74) is -1.18. The number of rotatable bonds is 9. The number of benzene rings is 4. The fourth-order valence-corrected chi connectivity index (χ4v) is 7.70. The van der Waals surface area contributed by atoms with Crippen LogP contribution in [0, 0.1) is 5.82 Å². The molecule has 6 nitrogen and oxygen atoms in total. The van der Waals surface area contributed by atoms with Crippen LogP contribution in [0.15, 0.2) is 125 Å². The van der Waals surface area contributed by atoms with Gasteiger partial charge in [0.25, 0.3) is 20.0 Å². The second-order valence-corrected chi connectivity index (χ2v) is 12.0. The zero-order valence-electron chi connectivity index (χ0n) is 18.9. The molecular formula is C27H22FNO5S2. The molecule has 0 radical (unpaired) electrons. The Morgan fingerprint density at radius 1 is 0.611 bits per heavy atom. The summed E-state index contributed by atoms with van der Waals surface area (Å²) in [6, 6.07) is 27.4. The number of halogens is 1. The Hall–Kier alpha value is -3.66. The van der Waals surface area contributed by atoms with Gasteiger partial charge in [0.2, 0.25) is 0 Å². The smallest absolute Gasteiger partial charge is 0.256 e. The molecule has 0 aliphatic carbocycles. The van der Waals surface area contributed by atoms with Crippen molar-refractivity contribution in [3.8, 4) is 0 Å². The summed E-state index contributed by atoms with van der Waals surface area (Å²) < 4.78 is 69.5. The normalized spacial score (nSPS) is 13.7. The molecule has 4 aromatic rings. The monoisotopic (exact) mass is 523 g/mol. The average molecular weight is 524 g/mol. The van der Waals surface area contributed by atoms with Gasteiger partial charge in [-0.2, -0.15) is 0 Å². The number of nitrogens with zero attached hydrogens (tertiary/aromatic N) is 1. The SMILES string of the molecule is O=CC(CN(S(=O)(=O)c1ccccc1)S(=O)(=O)c1ccccc1)(c1ccccc1)c1ccc(F)cc1. The van der Waals surface area contributed by atoms with Crippen LogP contribution < -0.4 is 0 Å². The molecule has 4 aromatic carbocycles. The van der Waals surface area contributed by atoms with Gasteiger partial charge in [0.15, 0.2) is 0 Å². The third-order valence-corrected chi connectivity index (χ3v) is 10.1. The molecule has 4 rings (SSSR count). The van der Waals surface area contributed by atoms with E-state index in [-0.39, 0.29) is 15.4 Å². The highest BCUT2D eigenvalue weighted by Crippen LogP contribution is 2.36. The zero-order valence-corrected chi connectivity index (χ0v) is 20.6. The molecule has 0 aliphatic rings. The third kappa shape index (κ3) is 4.73. The minimum absolute atomic E-state index is 0.238. The second-order valence-electron chi connectivity index (χ2n) is 8.03. The van der Waals surface area contributed by atoms with Gasteiger partial charge in [0.05, 0.1) is 21.8 Å². The van der Waals surface area contributed by atoms with Gasteiger partial charge in [0.1, 0.15) is 12.1 Å². The van der Waals surface area contributed by atoms with Crippen molar-refractivity contribution in [2.75, 3.05) is 6.54 Å². The summed E-state index contributed by atoms with van der Waals surface area (Å²) >= 11 is 0. The van der Waals surface area contributed by atoms with Gasteiger partial charge in [-0.1, -0.05) is 82.6 Å². The van der Waals surface area contributed by atoms with Gasteiger partial charge in [-0.05, 0) is 47.5 Å². The fraction of sp³-hybridized carbons (Fsp3) is 0.0741. The molecule has 0 heterocycles. The predicted octanol–water partition coefficient (Wildman–Crippen LogP) is 4.39. The molecule has 1 atom stereocenters. The number of carbonyl (C=O) groups is 1. The lowest BCUT2D eigenvalue weighted by Gasteiger charge is -2.34. The van der Waals surface area contributed by atoms with Gasteiger partial charge >= 0.3 is 0 Å². The molecular weight excluding hydrogens is 501 g/mol. The van der Waals surface area contributed by atoms with Crippen LogP contribution in [-0.4, -0.2) is 33.4 Å². The number of carbonyl (C=O) groups excluding carboxylic acids is 1. The summed E-state index contributed by atoms with van der Waals surface area (Å²) in [7, 11) is -9.32. The molecule has 0 spiro atoms. The molecule has 9 heteroatoms. The highest BCUT2D eigenvalue weighted by molar-refractivity contribution is 8.04. The van der Waals surface area contributed by atoms with E-state index in [0.717, 1.165) is 12.1 Å². The van der Waals surface area contributed by atoms with Crippen molar-refractivity contribution in [1.29, 1.82) is 0 Å². The molecule has 184 valence electrons. The first-order chi connectivity index (χ1) is 17.2. The molecule has 0 amide bonds. The van der Waals surface area contributed by atoms with Crippen molar-refractivity contribution >= 4 is 26.3 Å². The lowest BCUT2D eigenvalue weighted by atomic mass is 9.76. The Kier molecular flexibility index (Phi) is 7.16. The maximum absolute atomic E-state index is 13.8. The van der Waals surface area contributed by atoms with Crippen LogP contribution >= 0.6 is 0 Å². The molecule has 0 bridgehead atoms. The Bertz CT molecular complexity index is 1480. The van der Waals surface area contributed by atoms with E-state index in [1.807, 2.05) is 0 Å². The quantitative estimate of drug-likeness (QED) is 0.304. The first-order valence-electron chi connectivity index (χ1n) is 10.9. The van der Waals surface area contributed by atoms with E-state index < -0.39 is 37.8 Å². The summed E-state index contributed by atoms with van der Waals surface area (Å²) in [5.74, 6) is -0.558. The molecule has 0 aromatic heterocycles. The van der Waals surface area contributed by atoms with Crippen molar-refractivity contribution < 1.29 is 26.0 Å². The molecule has 0 N–H and O–H groups in total. The van der Waals surface area contributed by atoms with Crippen LogP contribution in [0.5, 0.6) is 0 Å². The summed E-state index contributed by atoms with van der Waals surface area (Å²) in [6.07, 6.45) is 0.504. The fourth-order valence-electron chi connectivity index (χ4n) is 3.93. The van der Waals surface area contributed by atoms with Gasteiger partial charge in [-0.3, -0.25) is 0 Å². The third-order valence-electron chi connectivity index (χ3n) is 5.85. The van der Waals surface area contributed by atoms with E-state index in [9.17, 15) is 26.0 Å². The maximum Gasteiger partial charge on any atom is 0.256 e. The van der Waals surface area contributed by atoms with E-state index in [2.05, 4.69) is 0 Å². The number of hydrogen-bond acceptors (Lipinski definition) is 5. The maximum atomic E-state index is 13.8. The topological polar surface area (TPSA) is 88.6 Å². The first-order valence-corrected chi connectivity index (χ1v) is 13.8. The van der Waals surface area contributed by atoms with Crippen molar-refractivity contribution in [2.24, 2.45) is 0 Å². The van der Waals surface area contributed by atoms with Crippen LogP contribution in [0.25, 0.3) is 0 Å². The molecule has 1 unspecified atom stereocenters. The first kappa shape index (κ1) is 25.4. The summed E-state index contributed by atoms with van der Waals surface area (Å²) in [5, 5.41) is 0. The second kappa shape index (κ2) is 10.1. The molecule has 0 saturated heterocycles. The number of hydrogen-bond donors (Lipinski definition) is 0. The van der Waals surface area contributed by atoms with E-state index in [1.165, 1.54) is 60.7 Å². The lowest BCUT2D eigenvalue weighted by molar-refractivity contribution is -0.111. The number of sulfonamides is 2. The predicted molar refractivity (Wildman–Crippen MR) is 134 cm³/mol. The molecule has 0 aliphatic heterocycles. The van der Waals surface area contributed by atoms with Crippen LogP contribution in [0.2, 0.25) is 0 Å². The van der Waals surface area contributed by atoms with Crippen LogP contribution in [-0.2, 0) is 30.3 Å². The van der Waals surface area contributed by atoms with E-state index >= 15 is 0 Å². The molecule has 36 heavy (non-hydrogen) atoms. The molecule has 0 saturated carbocycles. The lowest BCUT2D eigenvalue weighted by Crippen LogP contribution is -2.48. The van der Waals surface area contributed by atoms with Crippen molar-refractivity contribution in [2.45, 2.75) is 15.2 Å². The van der Waals surface area contributed by atoms with Crippen LogP contribution in [0.1, 0.15) is 11.1 Å². The van der Waals surface area contributed by atoms with E-state index in [1.54, 1.807) is 42.5 Å². The van der Waals surface area contributed by atoms with Crippen LogP contribution in [0.4, 0.5) is 4.39 Å². The highest BCUT2D eigenvalue weighted by atomic mass is 32.3. The van der Waals surface area contributed by atoms with Crippen molar-refractivity contribution in [1.82, 2.24) is 3.71 Å². The van der Waals surface area contributed by atoms with Crippen molar-refractivity contribution in [3.05, 3.63) is 132 Å². The van der Waals surface area contributed by atoms with Gasteiger partial charge in [-0.15, -0.1) is 0 Å². The highest BCUT2D eigenvalue weighted by Gasteiger charge is 2.45. The van der Waals surface area contributed by atoms with E-state index in [4.69, 9.17) is 0 Å². The standard InChI is InChI=1S/C27H22FNO5S2/c28-24-18-16-23(17-19-24)27(21-30,22-10-4-1-5-11-22)20-29(35(31,32)25-12-6-2-7-13-25)36(33,34)26-14-8-3-9-15-26/h1-19,21H,20H2. The van der Waals surface area contributed by atoms with Gasteiger partial charge in [-0.25, -0.2) is 21.2 Å². The largest absolute Gasteiger partial charge is 0.302 e. The molecule has 0 fully saturated rings. The Labute approximate surface area is 209 Å². The Morgan fingerprint density at radius 2 is 1.00 bits per heavy atom.